The molecule has 0 spiro atoms. The summed E-state index contributed by atoms with van der Waals surface area (Å²) < 4.78 is 5.21. The fraction of sp³-hybridized carbons (Fsp3) is 0.667. The van der Waals surface area contributed by atoms with E-state index in [-0.39, 0.29) is 11.9 Å². The van der Waals surface area contributed by atoms with Crippen molar-refractivity contribution in [3.8, 4) is 0 Å². The highest BCUT2D eigenvalue weighted by atomic mass is 16.5. The first-order valence-corrected chi connectivity index (χ1v) is 3.91. The number of hydrogen-bond acceptors (Lipinski definition) is 2. The molecule has 0 aromatic carbocycles. The summed E-state index contributed by atoms with van der Waals surface area (Å²) in [5.74, 6) is 0.0867. The van der Waals surface area contributed by atoms with E-state index in [2.05, 4.69) is 6.58 Å². The van der Waals surface area contributed by atoms with Crippen LogP contribution in [0.25, 0.3) is 0 Å². The van der Waals surface area contributed by atoms with E-state index in [1.165, 1.54) is 6.92 Å². The Labute approximate surface area is 68.2 Å². The number of carbonyl (C=O) groups excluding carboxylic acids is 1. The number of unbranched alkanes of at least 4 members (excludes halogenated alkanes) is 1. The van der Waals surface area contributed by atoms with Crippen molar-refractivity contribution < 1.29 is 9.53 Å². The van der Waals surface area contributed by atoms with Crippen LogP contribution in [0.1, 0.15) is 26.7 Å². The molecule has 1 unspecified atom stereocenters. The third-order valence-electron chi connectivity index (χ3n) is 1.49. The van der Waals surface area contributed by atoms with Crippen molar-refractivity contribution in [1.29, 1.82) is 0 Å². The van der Waals surface area contributed by atoms with E-state index in [0.717, 1.165) is 12.8 Å². The maximum atomic E-state index is 10.7. The molecule has 0 fully saturated rings. The molecule has 64 valence electrons. The molecule has 0 aliphatic carbocycles. The van der Waals surface area contributed by atoms with Crippen LogP contribution in [0.4, 0.5) is 0 Å². The molecule has 2 nitrogen and oxygen atoms in total. The van der Waals surface area contributed by atoms with Crippen molar-refractivity contribution in [3.63, 3.8) is 0 Å². The topological polar surface area (TPSA) is 26.3 Å². The zero-order valence-electron chi connectivity index (χ0n) is 7.30. The van der Waals surface area contributed by atoms with Gasteiger partial charge in [0.15, 0.2) is 5.78 Å². The van der Waals surface area contributed by atoms with E-state index in [0.29, 0.717) is 6.61 Å². The van der Waals surface area contributed by atoms with E-state index in [4.69, 9.17) is 4.74 Å². The minimum atomic E-state index is -0.250. The van der Waals surface area contributed by atoms with E-state index in [9.17, 15) is 4.79 Å². The summed E-state index contributed by atoms with van der Waals surface area (Å²) >= 11 is 0. The highest BCUT2D eigenvalue weighted by Gasteiger charge is 2.05. The average molecular weight is 156 g/mol. The lowest BCUT2D eigenvalue weighted by molar-refractivity contribution is -0.127. The first kappa shape index (κ1) is 10.4. The minimum absolute atomic E-state index is 0.0867. The summed E-state index contributed by atoms with van der Waals surface area (Å²) in [7, 11) is 0. The normalized spacial score (nSPS) is 12.5. The van der Waals surface area contributed by atoms with Crippen LogP contribution < -0.4 is 0 Å². The van der Waals surface area contributed by atoms with Crippen LogP contribution in [0.15, 0.2) is 12.7 Å². The molecule has 0 rings (SSSR count). The van der Waals surface area contributed by atoms with Crippen molar-refractivity contribution >= 4 is 5.78 Å². The fourth-order valence-corrected chi connectivity index (χ4v) is 0.605. The van der Waals surface area contributed by atoms with Gasteiger partial charge in [0, 0.05) is 6.61 Å². The molecule has 0 amide bonds. The average Bonchev–Trinajstić information content (AvgIpc) is 1.97. The molecule has 0 bridgehead atoms. The first-order chi connectivity index (χ1) is 5.18. The smallest absolute Gasteiger partial charge is 0.158 e. The largest absolute Gasteiger partial charge is 0.371 e. The predicted molar refractivity (Wildman–Crippen MR) is 45.5 cm³/mol. The zero-order chi connectivity index (χ0) is 8.69. The Balaban J connectivity index is 3.24. The Morgan fingerprint density at radius 2 is 2.36 bits per heavy atom. The lowest BCUT2D eigenvalue weighted by atomic mass is 10.3. The van der Waals surface area contributed by atoms with Crippen molar-refractivity contribution in [1.82, 2.24) is 0 Å². The summed E-state index contributed by atoms with van der Waals surface area (Å²) in [4.78, 5) is 10.7. The summed E-state index contributed by atoms with van der Waals surface area (Å²) in [5, 5.41) is 0. The monoisotopic (exact) mass is 156 g/mol. The van der Waals surface area contributed by atoms with Gasteiger partial charge >= 0.3 is 0 Å². The predicted octanol–water partition coefficient (Wildman–Crippen LogP) is 1.95. The van der Waals surface area contributed by atoms with Gasteiger partial charge in [0.25, 0.3) is 0 Å². The van der Waals surface area contributed by atoms with Crippen molar-refractivity contribution in [2.75, 3.05) is 6.61 Å². The molecule has 0 aliphatic heterocycles. The molecule has 0 saturated heterocycles. The lowest BCUT2D eigenvalue weighted by Gasteiger charge is -2.07. The molecule has 11 heavy (non-hydrogen) atoms. The number of allylic oxidation sites excluding steroid dienone is 1. The fourth-order valence-electron chi connectivity index (χ4n) is 0.605. The third-order valence-corrected chi connectivity index (χ3v) is 1.49. The van der Waals surface area contributed by atoms with Crippen LogP contribution in [-0.4, -0.2) is 18.5 Å². The summed E-state index contributed by atoms with van der Waals surface area (Å²) in [6.07, 6.45) is 3.49. The Hall–Kier alpha value is -0.630. The van der Waals surface area contributed by atoms with Crippen LogP contribution in [0.5, 0.6) is 0 Å². The number of Topliss-reactive ketones (excluding diaryl/α,β-unsaturated/α-hetero) is 1. The molecule has 0 saturated carbocycles. The second-order valence-electron chi connectivity index (χ2n) is 2.55. The maximum absolute atomic E-state index is 10.7. The van der Waals surface area contributed by atoms with Gasteiger partial charge in [-0.3, -0.25) is 4.79 Å². The van der Waals surface area contributed by atoms with E-state index >= 15 is 0 Å². The Morgan fingerprint density at radius 3 is 2.82 bits per heavy atom. The highest BCUT2D eigenvalue weighted by molar-refractivity contribution is 5.79. The molecule has 1 atom stereocenters. The summed E-state index contributed by atoms with van der Waals surface area (Å²) in [5.41, 5.74) is 0. The Morgan fingerprint density at radius 1 is 1.73 bits per heavy atom. The van der Waals surface area contributed by atoms with Gasteiger partial charge in [0.05, 0.1) is 0 Å². The van der Waals surface area contributed by atoms with Crippen LogP contribution in [-0.2, 0) is 9.53 Å². The number of rotatable bonds is 6. The van der Waals surface area contributed by atoms with Gasteiger partial charge in [-0.15, -0.1) is 6.58 Å². The van der Waals surface area contributed by atoms with Gasteiger partial charge in [-0.05, 0) is 26.7 Å². The second-order valence-corrected chi connectivity index (χ2v) is 2.55. The Bertz CT molecular complexity index is 130. The van der Waals surface area contributed by atoms with Gasteiger partial charge in [0.2, 0.25) is 0 Å². The standard InChI is InChI=1S/C9H16O2/c1-4-5-6-7-11-9(3)8(2)10/h4,9H,1,5-7H2,2-3H3. The highest BCUT2D eigenvalue weighted by Crippen LogP contribution is 1.96. The molecule has 0 aliphatic rings. The summed E-state index contributed by atoms with van der Waals surface area (Å²) in [6, 6.07) is 0. The lowest BCUT2D eigenvalue weighted by Crippen LogP contribution is -2.17. The van der Waals surface area contributed by atoms with Crippen molar-refractivity contribution in [3.05, 3.63) is 12.7 Å². The van der Waals surface area contributed by atoms with Crippen molar-refractivity contribution in [2.45, 2.75) is 32.8 Å². The molecule has 0 radical (unpaired) electrons. The molecule has 2 heteroatoms. The molecule has 0 heterocycles. The maximum Gasteiger partial charge on any atom is 0.158 e. The van der Waals surface area contributed by atoms with Gasteiger partial charge in [0.1, 0.15) is 6.10 Å². The van der Waals surface area contributed by atoms with Crippen LogP contribution in [0.2, 0.25) is 0 Å². The molecule has 0 aromatic heterocycles. The van der Waals surface area contributed by atoms with Gasteiger partial charge < -0.3 is 4.74 Å². The van der Waals surface area contributed by atoms with Crippen LogP contribution >= 0.6 is 0 Å². The van der Waals surface area contributed by atoms with Crippen molar-refractivity contribution in [2.24, 2.45) is 0 Å². The first-order valence-electron chi connectivity index (χ1n) is 3.91. The van der Waals surface area contributed by atoms with E-state index in [1.54, 1.807) is 6.92 Å². The zero-order valence-corrected chi connectivity index (χ0v) is 7.30. The van der Waals surface area contributed by atoms with Gasteiger partial charge in [-0.25, -0.2) is 0 Å². The van der Waals surface area contributed by atoms with E-state index in [1.807, 2.05) is 6.08 Å². The Kier molecular flexibility index (Phi) is 5.75. The molecule has 0 N–H and O–H groups in total. The number of ether oxygens (including phenoxy) is 1. The number of hydrogen-bond donors (Lipinski definition) is 0. The number of ketones is 1. The quantitative estimate of drug-likeness (QED) is 0.434. The minimum Gasteiger partial charge on any atom is -0.371 e. The SMILES string of the molecule is C=CCCCOC(C)C(C)=O. The van der Waals surface area contributed by atoms with Crippen LogP contribution in [0, 0.1) is 0 Å². The molecular weight excluding hydrogens is 140 g/mol. The second kappa shape index (κ2) is 6.10. The summed E-state index contributed by atoms with van der Waals surface area (Å²) in [6.45, 7) is 7.55. The molecule has 0 aromatic rings. The third kappa shape index (κ3) is 5.80. The van der Waals surface area contributed by atoms with Gasteiger partial charge in [-0.1, -0.05) is 6.08 Å². The number of carbonyl (C=O) groups is 1. The molecular formula is C9H16O2. The van der Waals surface area contributed by atoms with E-state index < -0.39 is 0 Å². The van der Waals surface area contributed by atoms with Gasteiger partial charge in [-0.2, -0.15) is 0 Å². The van der Waals surface area contributed by atoms with Crippen LogP contribution in [0.3, 0.4) is 0 Å².